The molecule has 1 unspecified atom stereocenters. The molecule has 0 radical (unpaired) electrons. The number of aryl methyl sites for hydroxylation is 1. The van der Waals surface area contributed by atoms with Crippen molar-refractivity contribution in [1.82, 2.24) is 0 Å². The fourth-order valence-electron chi connectivity index (χ4n) is 2.45. The summed E-state index contributed by atoms with van der Waals surface area (Å²) in [4.78, 5) is 11.6. The maximum absolute atomic E-state index is 12.5. The van der Waals surface area contributed by atoms with Crippen LogP contribution in [-0.4, -0.2) is 25.0 Å². The van der Waals surface area contributed by atoms with Gasteiger partial charge in [0, 0.05) is 18.1 Å². The number of alkyl halides is 3. The number of hydrogen-bond donors (Lipinski definition) is 1. The van der Waals surface area contributed by atoms with E-state index in [0.29, 0.717) is 18.4 Å². The van der Waals surface area contributed by atoms with E-state index in [1.807, 2.05) is 0 Å². The molecule has 0 heterocycles. The van der Waals surface area contributed by atoms with Gasteiger partial charge in [0.05, 0.1) is 0 Å². The summed E-state index contributed by atoms with van der Waals surface area (Å²) in [5.74, 6) is -1.68. The van der Waals surface area contributed by atoms with Crippen LogP contribution < -0.4 is 4.18 Å². The molecular weight excluding hydrogens is 353 g/mol. The molecule has 10 heteroatoms. The minimum atomic E-state index is -5.90. The van der Waals surface area contributed by atoms with E-state index in [4.69, 9.17) is 4.74 Å². The van der Waals surface area contributed by atoms with E-state index in [9.17, 15) is 31.5 Å². The highest BCUT2D eigenvalue weighted by molar-refractivity contribution is 7.88. The molecule has 0 amide bonds. The lowest BCUT2D eigenvalue weighted by Gasteiger charge is -2.18. The van der Waals surface area contributed by atoms with Gasteiger partial charge in [0.2, 0.25) is 0 Å². The zero-order valence-electron chi connectivity index (χ0n) is 12.6. The van der Waals surface area contributed by atoms with Crippen molar-refractivity contribution in [2.75, 3.05) is 0 Å². The van der Waals surface area contributed by atoms with Gasteiger partial charge in [-0.15, -0.1) is 0 Å². The molecule has 0 saturated heterocycles. The van der Waals surface area contributed by atoms with Crippen LogP contribution in [0.15, 0.2) is 12.1 Å². The number of ether oxygens (including phenoxy) is 1. The Labute approximate surface area is 136 Å². The number of phenolic OH excluding ortho intramolecular Hbond substituents is 1. The second-order valence-electron chi connectivity index (χ2n) is 5.27. The predicted molar refractivity (Wildman–Crippen MR) is 75.8 cm³/mol. The summed E-state index contributed by atoms with van der Waals surface area (Å²) < 4.78 is 69.3. The molecule has 2 rings (SSSR count). The highest BCUT2D eigenvalue weighted by atomic mass is 32.2. The third kappa shape index (κ3) is 3.74. The summed E-state index contributed by atoms with van der Waals surface area (Å²) in [7, 11) is -5.90. The molecular formula is C14H15F3O6S. The van der Waals surface area contributed by atoms with Gasteiger partial charge in [-0.3, -0.25) is 4.79 Å². The maximum Gasteiger partial charge on any atom is 0.534 e. The van der Waals surface area contributed by atoms with Gasteiger partial charge in [-0.1, -0.05) is 6.92 Å². The molecule has 1 aliphatic carbocycles. The van der Waals surface area contributed by atoms with Crippen molar-refractivity contribution in [3.05, 3.63) is 23.3 Å². The average Bonchev–Trinajstić information content (AvgIpc) is 2.80. The number of phenols is 1. The number of carbonyl (C=O) groups excluding carboxylic acids is 1. The molecule has 0 spiro atoms. The summed E-state index contributed by atoms with van der Waals surface area (Å²) >= 11 is 0. The summed E-state index contributed by atoms with van der Waals surface area (Å²) in [6, 6.07) is 2.03. The normalized spacial score (nSPS) is 17.4. The van der Waals surface area contributed by atoms with Gasteiger partial charge in [0.1, 0.15) is 11.9 Å². The van der Waals surface area contributed by atoms with Crippen molar-refractivity contribution in [3.8, 4) is 11.5 Å². The Bertz CT molecular complexity index is 742. The third-order valence-corrected chi connectivity index (χ3v) is 4.39. The zero-order chi connectivity index (χ0) is 18.1. The van der Waals surface area contributed by atoms with Crippen molar-refractivity contribution in [2.24, 2.45) is 0 Å². The smallest absolute Gasteiger partial charge is 0.508 e. The van der Waals surface area contributed by atoms with Crippen LogP contribution in [0.1, 0.15) is 43.4 Å². The first kappa shape index (κ1) is 18.4. The highest BCUT2D eigenvalue weighted by Gasteiger charge is 2.49. The number of aromatic hydroxyl groups is 1. The number of esters is 1. The van der Waals surface area contributed by atoms with Gasteiger partial charge in [-0.25, -0.2) is 0 Å². The Balaban J connectivity index is 2.39. The number of hydrogen-bond acceptors (Lipinski definition) is 6. The second-order valence-corrected chi connectivity index (χ2v) is 6.80. The lowest BCUT2D eigenvalue weighted by Crippen LogP contribution is -2.28. The molecule has 134 valence electrons. The number of rotatable bonds is 5. The van der Waals surface area contributed by atoms with Crippen LogP contribution in [-0.2, 0) is 26.1 Å². The zero-order valence-corrected chi connectivity index (χ0v) is 13.4. The van der Waals surface area contributed by atoms with E-state index in [0.717, 1.165) is 6.07 Å². The molecule has 0 bridgehead atoms. The minimum absolute atomic E-state index is 0.0325. The Morgan fingerprint density at radius 1 is 1.38 bits per heavy atom. The Morgan fingerprint density at radius 3 is 2.62 bits per heavy atom. The number of carbonyl (C=O) groups is 1. The molecule has 6 nitrogen and oxygen atoms in total. The van der Waals surface area contributed by atoms with Crippen LogP contribution in [0, 0.1) is 0 Å². The fraction of sp³-hybridized carbons (Fsp3) is 0.500. The van der Waals surface area contributed by atoms with E-state index < -0.39 is 39.2 Å². The Hall–Kier alpha value is -1.97. The van der Waals surface area contributed by atoms with E-state index in [1.54, 1.807) is 6.92 Å². The average molecular weight is 368 g/mol. The number of fused-ring (bicyclic) bond motifs is 1. The Morgan fingerprint density at radius 2 is 2.04 bits per heavy atom. The lowest BCUT2D eigenvalue weighted by atomic mass is 10.1. The predicted octanol–water partition coefficient (Wildman–Crippen LogP) is 2.95. The second kappa shape index (κ2) is 6.50. The third-order valence-electron chi connectivity index (χ3n) is 3.42. The topological polar surface area (TPSA) is 89.9 Å². The standard InChI is InChI=1S/C14H15F3O6S/c1-2-3-12(19)22-10-5-4-8-6-9(18)7-11(13(8)10)23-24(20,21)14(15,16)17/h6-7,10,18H,2-5H2,1H3. The van der Waals surface area contributed by atoms with Crippen LogP contribution in [0.5, 0.6) is 11.5 Å². The lowest BCUT2D eigenvalue weighted by molar-refractivity contribution is -0.149. The van der Waals surface area contributed by atoms with Gasteiger partial charge < -0.3 is 14.0 Å². The quantitative estimate of drug-likeness (QED) is 0.488. The SMILES string of the molecule is CCCC(=O)OC1CCc2cc(O)cc(OS(=O)(=O)C(F)(F)F)c21. The van der Waals surface area contributed by atoms with Crippen molar-refractivity contribution in [3.63, 3.8) is 0 Å². The molecule has 24 heavy (non-hydrogen) atoms. The van der Waals surface area contributed by atoms with Crippen LogP contribution in [0.4, 0.5) is 13.2 Å². The van der Waals surface area contributed by atoms with E-state index >= 15 is 0 Å². The first-order valence-electron chi connectivity index (χ1n) is 7.11. The molecule has 1 aromatic rings. The van der Waals surface area contributed by atoms with Crippen molar-refractivity contribution in [1.29, 1.82) is 0 Å². The molecule has 1 aromatic carbocycles. The Kier molecular flexibility index (Phi) is 4.97. The highest BCUT2D eigenvalue weighted by Crippen LogP contribution is 2.44. The molecule has 0 aliphatic heterocycles. The van der Waals surface area contributed by atoms with E-state index in [1.165, 1.54) is 6.07 Å². The van der Waals surface area contributed by atoms with Crippen LogP contribution >= 0.6 is 0 Å². The van der Waals surface area contributed by atoms with Crippen LogP contribution in [0.2, 0.25) is 0 Å². The van der Waals surface area contributed by atoms with Crippen molar-refractivity contribution in [2.45, 2.75) is 44.2 Å². The largest absolute Gasteiger partial charge is 0.534 e. The first-order chi connectivity index (χ1) is 11.0. The molecule has 1 aliphatic rings. The fourth-order valence-corrected chi connectivity index (χ4v) is 2.91. The molecule has 0 aromatic heterocycles. The van der Waals surface area contributed by atoms with Gasteiger partial charge in [-0.05, 0) is 30.9 Å². The molecule has 0 fully saturated rings. The molecule has 0 saturated carbocycles. The van der Waals surface area contributed by atoms with E-state index in [-0.39, 0.29) is 18.4 Å². The van der Waals surface area contributed by atoms with Crippen LogP contribution in [0.25, 0.3) is 0 Å². The summed E-state index contributed by atoms with van der Waals surface area (Å²) in [6.45, 7) is 1.76. The van der Waals surface area contributed by atoms with Crippen LogP contribution in [0.3, 0.4) is 0 Å². The number of halogens is 3. The summed E-state index contributed by atoms with van der Waals surface area (Å²) in [6.07, 6.45) is 0.297. The number of benzene rings is 1. The minimum Gasteiger partial charge on any atom is -0.508 e. The van der Waals surface area contributed by atoms with Crippen molar-refractivity contribution >= 4 is 16.1 Å². The van der Waals surface area contributed by atoms with Gasteiger partial charge >= 0.3 is 21.6 Å². The monoisotopic (exact) mass is 368 g/mol. The maximum atomic E-state index is 12.5. The summed E-state index contributed by atoms with van der Waals surface area (Å²) in [5.41, 5.74) is -5.21. The first-order valence-corrected chi connectivity index (χ1v) is 8.52. The van der Waals surface area contributed by atoms with Gasteiger partial charge in [-0.2, -0.15) is 21.6 Å². The summed E-state index contributed by atoms with van der Waals surface area (Å²) in [5, 5.41) is 9.57. The molecule has 1 N–H and O–H groups in total. The van der Waals surface area contributed by atoms with Gasteiger partial charge in [0.25, 0.3) is 0 Å². The van der Waals surface area contributed by atoms with Gasteiger partial charge in [0.15, 0.2) is 5.75 Å². The van der Waals surface area contributed by atoms with E-state index in [2.05, 4.69) is 4.18 Å². The van der Waals surface area contributed by atoms with Crippen molar-refractivity contribution < 1.29 is 40.4 Å². The molecule has 1 atom stereocenters.